The average Bonchev–Trinajstić information content (AvgIpc) is 2.19. The standard InChI is InChI=1S/C10H15N3O/c1-3-8-5-4-6-12-10(8)13-9(14)7-11-2/h4-6,11H,3,7H2,1-2H3,(H,12,13,14). The maximum Gasteiger partial charge on any atom is 0.239 e. The third-order valence-corrected chi connectivity index (χ3v) is 1.87. The maximum atomic E-state index is 11.3. The summed E-state index contributed by atoms with van der Waals surface area (Å²) in [5, 5.41) is 5.54. The molecule has 0 fully saturated rings. The van der Waals surface area contributed by atoms with Crippen molar-refractivity contribution in [2.75, 3.05) is 18.9 Å². The van der Waals surface area contributed by atoms with Gasteiger partial charge in [0, 0.05) is 6.20 Å². The summed E-state index contributed by atoms with van der Waals surface area (Å²) in [4.78, 5) is 15.4. The number of likely N-dealkylation sites (N-methyl/N-ethyl adjacent to an activating group) is 1. The molecule has 1 aromatic heterocycles. The Labute approximate surface area is 83.7 Å². The summed E-state index contributed by atoms with van der Waals surface area (Å²) in [6, 6.07) is 3.83. The lowest BCUT2D eigenvalue weighted by molar-refractivity contribution is -0.115. The van der Waals surface area contributed by atoms with Crippen molar-refractivity contribution < 1.29 is 4.79 Å². The number of nitrogens with zero attached hydrogens (tertiary/aromatic N) is 1. The van der Waals surface area contributed by atoms with E-state index in [1.165, 1.54) is 0 Å². The highest BCUT2D eigenvalue weighted by Gasteiger charge is 2.04. The topological polar surface area (TPSA) is 54.0 Å². The van der Waals surface area contributed by atoms with Crippen molar-refractivity contribution in [3.05, 3.63) is 23.9 Å². The molecule has 2 N–H and O–H groups in total. The number of anilines is 1. The highest BCUT2D eigenvalue weighted by Crippen LogP contribution is 2.11. The monoisotopic (exact) mass is 193 g/mol. The molecule has 0 aliphatic rings. The molecule has 0 bridgehead atoms. The summed E-state index contributed by atoms with van der Waals surface area (Å²) < 4.78 is 0. The summed E-state index contributed by atoms with van der Waals surface area (Å²) in [5.74, 6) is 0.594. The summed E-state index contributed by atoms with van der Waals surface area (Å²) in [6.07, 6.45) is 2.54. The van der Waals surface area contributed by atoms with E-state index in [2.05, 4.69) is 15.6 Å². The highest BCUT2D eigenvalue weighted by atomic mass is 16.1. The minimum Gasteiger partial charge on any atom is -0.311 e. The Balaban J connectivity index is 2.70. The summed E-state index contributed by atoms with van der Waals surface area (Å²) in [7, 11) is 1.73. The molecule has 0 saturated heterocycles. The molecule has 4 nitrogen and oxygen atoms in total. The second-order valence-electron chi connectivity index (χ2n) is 2.94. The van der Waals surface area contributed by atoms with Gasteiger partial charge in [0.15, 0.2) is 0 Å². The molecule has 4 heteroatoms. The predicted molar refractivity (Wildman–Crippen MR) is 56.2 cm³/mol. The highest BCUT2D eigenvalue weighted by molar-refractivity contribution is 5.91. The lowest BCUT2D eigenvalue weighted by Gasteiger charge is -2.07. The van der Waals surface area contributed by atoms with Crippen LogP contribution in [0.15, 0.2) is 18.3 Å². The van der Waals surface area contributed by atoms with Crippen molar-refractivity contribution in [3.63, 3.8) is 0 Å². The van der Waals surface area contributed by atoms with Crippen LogP contribution in [0.1, 0.15) is 12.5 Å². The van der Waals surface area contributed by atoms with Crippen LogP contribution in [0.2, 0.25) is 0 Å². The number of hydrogen-bond donors (Lipinski definition) is 2. The molecule has 0 radical (unpaired) electrons. The summed E-state index contributed by atoms with van der Waals surface area (Å²) in [6.45, 7) is 2.34. The number of nitrogens with one attached hydrogen (secondary N) is 2. The van der Waals surface area contributed by atoms with Crippen LogP contribution in [0.5, 0.6) is 0 Å². The minimum atomic E-state index is -0.0686. The SMILES string of the molecule is CCc1cccnc1NC(=O)CNC. The molecule has 1 rings (SSSR count). The van der Waals surface area contributed by atoms with E-state index >= 15 is 0 Å². The van der Waals surface area contributed by atoms with Gasteiger partial charge in [-0.1, -0.05) is 13.0 Å². The van der Waals surface area contributed by atoms with Crippen LogP contribution in [0.3, 0.4) is 0 Å². The number of amides is 1. The smallest absolute Gasteiger partial charge is 0.239 e. The third-order valence-electron chi connectivity index (χ3n) is 1.87. The second-order valence-corrected chi connectivity index (χ2v) is 2.94. The van der Waals surface area contributed by atoms with Gasteiger partial charge in [-0.25, -0.2) is 4.98 Å². The first kappa shape index (κ1) is 10.7. The molecule has 0 spiro atoms. The molecule has 0 aromatic carbocycles. The van der Waals surface area contributed by atoms with Crippen LogP contribution >= 0.6 is 0 Å². The summed E-state index contributed by atoms with van der Waals surface area (Å²) in [5.41, 5.74) is 1.05. The van der Waals surface area contributed by atoms with E-state index in [1.807, 2.05) is 19.1 Å². The lowest BCUT2D eigenvalue weighted by Crippen LogP contribution is -2.25. The van der Waals surface area contributed by atoms with Gasteiger partial charge >= 0.3 is 0 Å². The number of carbonyl (C=O) groups is 1. The third kappa shape index (κ3) is 2.81. The number of hydrogen-bond acceptors (Lipinski definition) is 3. The zero-order valence-electron chi connectivity index (χ0n) is 8.50. The molecular formula is C10H15N3O. The molecule has 0 unspecified atom stereocenters. The van der Waals surface area contributed by atoms with E-state index in [4.69, 9.17) is 0 Å². The Hall–Kier alpha value is -1.42. The van der Waals surface area contributed by atoms with Crippen LogP contribution < -0.4 is 10.6 Å². The molecule has 0 aliphatic carbocycles. The molecule has 0 atom stereocenters. The van der Waals surface area contributed by atoms with Gasteiger partial charge in [-0.05, 0) is 25.1 Å². The van der Waals surface area contributed by atoms with Crippen LogP contribution in [-0.4, -0.2) is 24.5 Å². The van der Waals surface area contributed by atoms with E-state index in [1.54, 1.807) is 13.2 Å². The minimum absolute atomic E-state index is 0.0686. The number of pyridine rings is 1. The predicted octanol–water partition coefficient (Wildman–Crippen LogP) is 0.802. The number of aromatic nitrogens is 1. The molecule has 1 heterocycles. The molecule has 1 amide bonds. The number of rotatable bonds is 4. The van der Waals surface area contributed by atoms with Crippen LogP contribution in [0.4, 0.5) is 5.82 Å². The Bertz CT molecular complexity index is 312. The van der Waals surface area contributed by atoms with Crippen molar-refractivity contribution in [2.45, 2.75) is 13.3 Å². The van der Waals surface area contributed by atoms with Gasteiger partial charge in [-0.3, -0.25) is 4.79 Å². The van der Waals surface area contributed by atoms with Crippen molar-refractivity contribution >= 4 is 11.7 Å². The van der Waals surface area contributed by atoms with Gasteiger partial charge < -0.3 is 10.6 Å². The van der Waals surface area contributed by atoms with E-state index in [9.17, 15) is 4.79 Å². The largest absolute Gasteiger partial charge is 0.311 e. The van der Waals surface area contributed by atoms with Crippen molar-refractivity contribution in [1.29, 1.82) is 0 Å². The Kier molecular flexibility index (Phi) is 4.07. The first-order chi connectivity index (χ1) is 6.77. The molecule has 0 saturated carbocycles. The fourth-order valence-corrected chi connectivity index (χ4v) is 1.17. The molecule has 0 aliphatic heterocycles. The molecule has 76 valence electrons. The number of aryl methyl sites for hydroxylation is 1. The van der Waals surface area contributed by atoms with E-state index in [0.717, 1.165) is 12.0 Å². The van der Waals surface area contributed by atoms with Crippen LogP contribution in [0, 0.1) is 0 Å². The first-order valence-electron chi connectivity index (χ1n) is 4.66. The molecule has 14 heavy (non-hydrogen) atoms. The van der Waals surface area contributed by atoms with Crippen molar-refractivity contribution in [3.8, 4) is 0 Å². The normalized spacial score (nSPS) is 9.86. The fourth-order valence-electron chi connectivity index (χ4n) is 1.17. The van der Waals surface area contributed by atoms with Gasteiger partial charge in [0.05, 0.1) is 6.54 Å². The average molecular weight is 193 g/mol. The quantitative estimate of drug-likeness (QED) is 0.743. The zero-order valence-corrected chi connectivity index (χ0v) is 8.50. The van der Waals surface area contributed by atoms with E-state index < -0.39 is 0 Å². The fraction of sp³-hybridized carbons (Fsp3) is 0.400. The van der Waals surface area contributed by atoms with E-state index in [-0.39, 0.29) is 5.91 Å². The van der Waals surface area contributed by atoms with Crippen molar-refractivity contribution in [2.24, 2.45) is 0 Å². The first-order valence-corrected chi connectivity index (χ1v) is 4.66. The lowest BCUT2D eigenvalue weighted by atomic mass is 10.2. The summed E-state index contributed by atoms with van der Waals surface area (Å²) >= 11 is 0. The van der Waals surface area contributed by atoms with Crippen molar-refractivity contribution in [1.82, 2.24) is 10.3 Å². The van der Waals surface area contributed by atoms with Crippen LogP contribution in [-0.2, 0) is 11.2 Å². The Morgan fingerprint density at radius 1 is 1.57 bits per heavy atom. The van der Waals surface area contributed by atoms with Gasteiger partial charge in [0.1, 0.15) is 5.82 Å². The van der Waals surface area contributed by atoms with Gasteiger partial charge in [-0.15, -0.1) is 0 Å². The Morgan fingerprint density at radius 3 is 3.00 bits per heavy atom. The van der Waals surface area contributed by atoms with Crippen LogP contribution in [0.25, 0.3) is 0 Å². The van der Waals surface area contributed by atoms with Gasteiger partial charge in [-0.2, -0.15) is 0 Å². The second kappa shape index (κ2) is 5.34. The maximum absolute atomic E-state index is 11.3. The van der Waals surface area contributed by atoms with Gasteiger partial charge in [0.2, 0.25) is 5.91 Å². The molecular weight excluding hydrogens is 178 g/mol. The number of carbonyl (C=O) groups excluding carboxylic acids is 1. The zero-order chi connectivity index (χ0) is 10.4. The van der Waals surface area contributed by atoms with Gasteiger partial charge in [0.25, 0.3) is 0 Å². The Morgan fingerprint density at radius 2 is 2.36 bits per heavy atom. The van der Waals surface area contributed by atoms with E-state index in [0.29, 0.717) is 12.4 Å². The molecule has 1 aromatic rings.